The second kappa shape index (κ2) is 6.86. The van der Waals surface area contributed by atoms with Crippen molar-refractivity contribution in [2.24, 2.45) is 7.05 Å². The molecule has 1 N–H and O–H groups in total. The van der Waals surface area contributed by atoms with Crippen LogP contribution in [0.4, 0.5) is 0 Å². The van der Waals surface area contributed by atoms with Gasteiger partial charge in [0.25, 0.3) is 0 Å². The van der Waals surface area contributed by atoms with Gasteiger partial charge in [-0.15, -0.1) is 0 Å². The van der Waals surface area contributed by atoms with Gasteiger partial charge >= 0.3 is 0 Å². The van der Waals surface area contributed by atoms with E-state index in [0.717, 1.165) is 5.56 Å². The van der Waals surface area contributed by atoms with E-state index in [1.807, 2.05) is 18.2 Å². The summed E-state index contributed by atoms with van der Waals surface area (Å²) in [5.41, 5.74) is 3.40. The maximum atomic E-state index is 12.2. The fraction of sp³-hybridized carbons (Fsp3) is 0.350. The summed E-state index contributed by atoms with van der Waals surface area (Å²) in [6, 6.07) is 14.6. The number of carbonyl (C=O) groups excluding carboxylic acids is 1. The molecule has 25 heavy (non-hydrogen) atoms. The lowest BCUT2D eigenvalue weighted by Gasteiger charge is -2.23. The fourth-order valence-electron chi connectivity index (χ4n) is 3.46. The molecular weight excluding hydrogens is 316 g/mol. The largest absolute Gasteiger partial charge is 0.376 e. The van der Waals surface area contributed by atoms with Gasteiger partial charge in [0.2, 0.25) is 5.91 Å². The molecule has 1 atom stereocenters. The van der Waals surface area contributed by atoms with Gasteiger partial charge in [-0.05, 0) is 23.8 Å². The minimum Gasteiger partial charge on any atom is -0.376 e. The van der Waals surface area contributed by atoms with E-state index in [0.29, 0.717) is 32.8 Å². The summed E-state index contributed by atoms with van der Waals surface area (Å²) >= 11 is 0. The zero-order chi connectivity index (χ0) is 17.2. The zero-order valence-corrected chi connectivity index (χ0v) is 14.3. The molecule has 0 saturated carbocycles. The van der Waals surface area contributed by atoms with E-state index in [4.69, 9.17) is 9.47 Å². The first-order valence-electron chi connectivity index (χ1n) is 8.64. The predicted molar refractivity (Wildman–Crippen MR) is 97.7 cm³/mol. The molecule has 4 rings (SSSR count). The average Bonchev–Trinajstić information content (AvgIpc) is 2.93. The van der Waals surface area contributed by atoms with Gasteiger partial charge in [-0.1, -0.05) is 24.3 Å². The van der Waals surface area contributed by atoms with Crippen molar-refractivity contribution in [1.29, 1.82) is 0 Å². The first-order chi connectivity index (χ1) is 12.2. The molecule has 5 nitrogen and oxygen atoms in total. The van der Waals surface area contributed by atoms with Crippen molar-refractivity contribution in [2.75, 3.05) is 26.4 Å². The minimum absolute atomic E-state index is 0.00811. The lowest BCUT2D eigenvalue weighted by Crippen LogP contribution is -2.40. The standard InChI is InChI=1S/C20H22N2O3/c1-22-18-5-3-2-4-16(18)17-10-14(6-7-19(17)22)11-20(23)21-12-15-13-24-8-9-25-15/h2-7,10,15H,8-9,11-13H2,1H3,(H,21,23)/t15-/m1/s1. The van der Waals surface area contributed by atoms with Gasteiger partial charge in [0.15, 0.2) is 0 Å². The Morgan fingerprint density at radius 1 is 1.16 bits per heavy atom. The smallest absolute Gasteiger partial charge is 0.224 e. The molecule has 3 aromatic rings. The van der Waals surface area contributed by atoms with Crippen LogP contribution in [-0.2, 0) is 27.7 Å². The molecule has 0 aliphatic carbocycles. The van der Waals surface area contributed by atoms with Crippen LogP contribution in [0, 0.1) is 0 Å². The molecule has 2 heterocycles. The highest BCUT2D eigenvalue weighted by molar-refractivity contribution is 6.08. The third-order valence-corrected chi connectivity index (χ3v) is 4.75. The summed E-state index contributed by atoms with van der Waals surface area (Å²) in [7, 11) is 2.07. The first kappa shape index (κ1) is 16.1. The van der Waals surface area contributed by atoms with Crippen LogP contribution in [0.25, 0.3) is 21.8 Å². The number of benzene rings is 2. The Morgan fingerprint density at radius 3 is 2.84 bits per heavy atom. The number of aromatic nitrogens is 1. The summed E-state index contributed by atoms with van der Waals surface area (Å²) < 4.78 is 13.1. The lowest BCUT2D eigenvalue weighted by molar-refractivity contribution is -0.123. The second-order valence-corrected chi connectivity index (χ2v) is 6.48. The van der Waals surface area contributed by atoms with Gasteiger partial charge in [-0.3, -0.25) is 4.79 Å². The summed E-state index contributed by atoms with van der Waals surface area (Å²) in [5, 5.41) is 5.35. The SMILES string of the molecule is Cn1c2ccccc2c2cc(CC(=O)NC[C@@H]3COCCO3)ccc21. The molecule has 1 aromatic heterocycles. The van der Waals surface area contributed by atoms with Crippen molar-refractivity contribution in [3.63, 3.8) is 0 Å². The molecular formula is C20H22N2O3. The Hall–Kier alpha value is -2.37. The first-order valence-corrected chi connectivity index (χ1v) is 8.64. The van der Waals surface area contributed by atoms with Crippen LogP contribution in [0.2, 0.25) is 0 Å². The van der Waals surface area contributed by atoms with Crippen molar-refractivity contribution in [2.45, 2.75) is 12.5 Å². The van der Waals surface area contributed by atoms with Gasteiger partial charge in [0.1, 0.15) is 0 Å². The Morgan fingerprint density at radius 2 is 2.00 bits per heavy atom. The molecule has 5 heteroatoms. The molecule has 1 fully saturated rings. The number of ether oxygens (including phenoxy) is 2. The van der Waals surface area contributed by atoms with Gasteiger partial charge < -0.3 is 19.4 Å². The van der Waals surface area contributed by atoms with Crippen molar-refractivity contribution in [3.8, 4) is 0 Å². The van der Waals surface area contributed by atoms with E-state index in [1.54, 1.807) is 0 Å². The van der Waals surface area contributed by atoms with Crippen LogP contribution in [-0.4, -0.2) is 42.9 Å². The van der Waals surface area contributed by atoms with Crippen LogP contribution in [0.15, 0.2) is 42.5 Å². The maximum absolute atomic E-state index is 12.2. The molecule has 1 saturated heterocycles. The van der Waals surface area contributed by atoms with Gasteiger partial charge in [0.05, 0.1) is 32.3 Å². The number of nitrogens with zero attached hydrogens (tertiary/aromatic N) is 1. The van der Waals surface area contributed by atoms with Gasteiger partial charge in [-0.2, -0.15) is 0 Å². The number of aryl methyl sites for hydroxylation is 1. The second-order valence-electron chi connectivity index (χ2n) is 6.48. The van der Waals surface area contributed by atoms with Crippen LogP contribution >= 0.6 is 0 Å². The predicted octanol–water partition coefficient (Wildman–Crippen LogP) is 2.41. The number of fused-ring (bicyclic) bond motifs is 3. The van der Waals surface area contributed by atoms with Gasteiger partial charge in [-0.25, -0.2) is 0 Å². The van der Waals surface area contributed by atoms with Crippen LogP contribution in [0.5, 0.6) is 0 Å². The Bertz CT molecular complexity index is 910. The molecule has 130 valence electrons. The number of hydrogen-bond acceptors (Lipinski definition) is 3. The van der Waals surface area contributed by atoms with E-state index >= 15 is 0 Å². The molecule has 1 aliphatic heterocycles. The monoisotopic (exact) mass is 338 g/mol. The fourth-order valence-corrected chi connectivity index (χ4v) is 3.46. The van der Waals surface area contributed by atoms with Crippen molar-refractivity contribution in [3.05, 3.63) is 48.0 Å². The topological polar surface area (TPSA) is 52.5 Å². The summed E-state index contributed by atoms with van der Waals surface area (Å²) in [4.78, 5) is 12.2. The highest BCUT2D eigenvalue weighted by Gasteiger charge is 2.15. The summed E-state index contributed by atoms with van der Waals surface area (Å²) in [6.07, 6.45) is 0.325. The van der Waals surface area contributed by atoms with E-state index in [1.165, 1.54) is 21.8 Å². The maximum Gasteiger partial charge on any atom is 0.224 e. The van der Waals surface area contributed by atoms with Crippen molar-refractivity contribution >= 4 is 27.7 Å². The normalized spacial score (nSPS) is 17.9. The van der Waals surface area contributed by atoms with Crippen LogP contribution in [0.1, 0.15) is 5.56 Å². The quantitative estimate of drug-likeness (QED) is 0.795. The zero-order valence-electron chi connectivity index (χ0n) is 14.3. The molecule has 1 amide bonds. The minimum atomic E-state index is -0.0433. The molecule has 2 aromatic carbocycles. The number of carbonyl (C=O) groups is 1. The Balaban J connectivity index is 1.49. The molecule has 0 spiro atoms. The third-order valence-electron chi connectivity index (χ3n) is 4.75. The highest BCUT2D eigenvalue weighted by atomic mass is 16.6. The summed E-state index contributed by atoms with van der Waals surface area (Å²) in [5.74, 6) is 0.00811. The number of nitrogens with one attached hydrogen (secondary N) is 1. The average molecular weight is 338 g/mol. The van der Waals surface area contributed by atoms with E-state index in [9.17, 15) is 4.79 Å². The Kier molecular flexibility index (Phi) is 4.42. The molecule has 0 bridgehead atoms. The third kappa shape index (κ3) is 3.25. The van der Waals surface area contributed by atoms with E-state index in [-0.39, 0.29) is 12.0 Å². The number of rotatable bonds is 4. The van der Waals surface area contributed by atoms with E-state index < -0.39 is 0 Å². The van der Waals surface area contributed by atoms with Crippen LogP contribution in [0.3, 0.4) is 0 Å². The van der Waals surface area contributed by atoms with E-state index in [2.05, 4.69) is 41.2 Å². The lowest BCUT2D eigenvalue weighted by atomic mass is 10.1. The van der Waals surface area contributed by atoms with Crippen molar-refractivity contribution in [1.82, 2.24) is 9.88 Å². The number of para-hydroxylation sites is 1. The van der Waals surface area contributed by atoms with Gasteiger partial charge in [0, 0.05) is 35.4 Å². The highest BCUT2D eigenvalue weighted by Crippen LogP contribution is 2.28. The molecule has 1 aliphatic rings. The van der Waals surface area contributed by atoms with Crippen LogP contribution < -0.4 is 5.32 Å². The van der Waals surface area contributed by atoms with Crippen molar-refractivity contribution < 1.29 is 14.3 Å². The molecule has 0 radical (unpaired) electrons. The molecule has 0 unspecified atom stereocenters. The Labute approximate surface area is 146 Å². The number of hydrogen-bond donors (Lipinski definition) is 1. The summed E-state index contributed by atoms with van der Waals surface area (Å²) in [6.45, 7) is 2.27. The number of amides is 1.